The number of hydrogen-bond donors (Lipinski definition) is 2. The van der Waals surface area contributed by atoms with Gasteiger partial charge in [0, 0.05) is 6.08 Å². The molecule has 0 unspecified atom stereocenters. The van der Waals surface area contributed by atoms with Crippen LogP contribution in [0, 0.1) is 0 Å². The Kier molecular flexibility index (Phi) is 4.30. The summed E-state index contributed by atoms with van der Waals surface area (Å²) < 4.78 is 5.68. The summed E-state index contributed by atoms with van der Waals surface area (Å²) in [7, 11) is 0. The highest BCUT2D eigenvalue weighted by Crippen LogP contribution is 2.14. The third-order valence-corrected chi connectivity index (χ3v) is 2.15. The summed E-state index contributed by atoms with van der Waals surface area (Å²) in [5.41, 5.74) is 0. The Hall–Kier alpha value is -1.56. The van der Waals surface area contributed by atoms with Gasteiger partial charge in [0.1, 0.15) is 11.8 Å². The van der Waals surface area contributed by atoms with Crippen molar-refractivity contribution in [3.63, 3.8) is 0 Å². The molecule has 0 bridgehead atoms. The van der Waals surface area contributed by atoms with Crippen LogP contribution in [0.1, 0.15) is 12.7 Å². The molecule has 0 aromatic carbocycles. The Morgan fingerprint density at radius 3 is 2.75 bits per heavy atom. The lowest BCUT2D eigenvalue weighted by atomic mass is 10.3. The summed E-state index contributed by atoms with van der Waals surface area (Å²) in [6.07, 6.45) is 2.67. The first kappa shape index (κ1) is 12.5. The van der Waals surface area contributed by atoms with E-state index in [-0.39, 0.29) is 0 Å². The number of carbonyl (C=O) groups excluding carboxylic acids is 1. The largest absolute Gasteiger partial charge is 0.480 e. The smallest absolute Gasteiger partial charge is 0.325 e. The van der Waals surface area contributed by atoms with Crippen molar-refractivity contribution in [2.45, 2.75) is 13.0 Å². The first-order valence-corrected chi connectivity index (χ1v) is 5.25. The van der Waals surface area contributed by atoms with Crippen molar-refractivity contribution < 1.29 is 19.1 Å². The number of carbonyl (C=O) groups is 2. The fraction of sp³-hybridized carbons (Fsp3) is 0.200. The van der Waals surface area contributed by atoms with Gasteiger partial charge in [-0.15, -0.1) is 0 Å². The molecule has 1 rings (SSSR count). The predicted octanol–water partition coefficient (Wildman–Crippen LogP) is 1.64. The minimum atomic E-state index is -1.08. The number of furan rings is 1. The van der Waals surface area contributed by atoms with Crippen LogP contribution in [-0.2, 0) is 9.59 Å². The zero-order chi connectivity index (χ0) is 12.1. The van der Waals surface area contributed by atoms with Gasteiger partial charge in [-0.1, -0.05) is 0 Å². The zero-order valence-electron chi connectivity index (χ0n) is 8.44. The van der Waals surface area contributed by atoms with Crippen molar-refractivity contribution in [1.29, 1.82) is 0 Å². The second-order valence-corrected chi connectivity index (χ2v) is 3.83. The molecule has 1 aromatic heterocycles. The molecule has 1 aromatic rings. The van der Waals surface area contributed by atoms with E-state index in [0.717, 1.165) is 0 Å². The van der Waals surface area contributed by atoms with Crippen LogP contribution in [0.25, 0.3) is 6.08 Å². The van der Waals surface area contributed by atoms with Crippen molar-refractivity contribution in [2.75, 3.05) is 0 Å². The van der Waals surface area contributed by atoms with Gasteiger partial charge in [0.25, 0.3) is 0 Å². The number of carboxylic acids is 1. The highest BCUT2D eigenvalue weighted by Gasteiger charge is 2.11. The third-order valence-electron chi connectivity index (χ3n) is 1.72. The summed E-state index contributed by atoms with van der Waals surface area (Å²) in [4.78, 5) is 21.7. The van der Waals surface area contributed by atoms with E-state index in [0.29, 0.717) is 10.4 Å². The molecule has 1 amide bonds. The molecule has 0 aliphatic carbocycles. The van der Waals surface area contributed by atoms with E-state index >= 15 is 0 Å². The van der Waals surface area contributed by atoms with E-state index in [1.54, 1.807) is 12.1 Å². The van der Waals surface area contributed by atoms with Crippen molar-refractivity contribution >= 4 is 33.9 Å². The molecule has 5 nitrogen and oxygen atoms in total. The van der Waals surface area contributed by atoms with Gasteiger partial charge in [0.15, 0.2) is 4.67 Å². The lowest BCUT2D eigenvalue weighted by Crippen LogP contribution is -2.37. The van der Waals surface area contributed by atoms with Crippen molar-refractivity contribution in [3.05, 3.63) is 28.6 Å². The van der Waals surface area contributed by atoms with Crippen LogP contribution < -0.4 is 5.32 Å². The summed E-state index contributed by atoms with van der Waals surface area (Å²) in [6, 6.07) is 2.45. The minimum absolute atomic E-state index is 0.484. The fourth-order valence-electron chi connectivity index (χ4n) is 0.899. The highest BCUT2D eigenvalue weighted by molar-refractivity contribution is 9.10. The normalized spacial score (nSPS) is 12.6. The van der Waals surface area contributed by atoms with E-state index in [4.69, 9.17) is 9.52 Å². The Labute approximate surface area is 100 Å². The number of hydrogen-bond acceptors (Lipinski definition) is 3. The van der Waals surface area contributed by atoms with Crippen LogP contribution in [0.4, 0.5) is 0 Å². The van der Waals surface area contributed by atoms with Gasteiger partial charge in [-0.3, -0.25) is 9.59 Å². The number of nitrogens with one attached hydrogen (secondary N) is 1. The topological polar surface area (TPSA) is 79.5 Å². The van der Waals surface area contributed by atoms with Crippen LogP contribution in [0.5, 0.6) is 0 Å². The molecule has 1 heterocycles. The molecule has 0 aliphatic rings. The fourth-order valence-corrected chi connectivity index (χ4v) is 1.22. The average molecular weight is 288 g/mol. The number of rotatable bonds is 4. The van der Waals surface area contributed by atoms with Crippen LogP contribution in [0.3, 0.4) is 0 Å². The zero-order valence-corrected chi connectivity index (χ0v) is 10.0. The van der Waals surface area contributed by atoms with E-state index in [9.17, 15) is 9.59 Å². The standard InChI is InChI=1S/C10H10BrNO4/c1-6(10(14)15)12-9(13)5-3-7-2-4-8(11)16-7/h2-6H,1H3,(H,12,13)(H,14,15)/t6-/m1/s1. The van der Waals surface area contributed by atoms with Crippen molar-refractivity contribution in [3.8, 4) is 0 Å². The maximum absolute atomic E-state index is 11.2. The summed E-state index contributed by atoms with van der Waals surface area (Å²) in [6.45, 7) is 1.39. The molecular formula is C10H10BrNO4. The van der Waals surface area contributed by atoms with Gasteiger partial charge in [-0.2, -0.15) is 0 Å². The number of carboxylic acid groups (broad SMARTS) is 1. The number of halogens is 1. The van der Waals surface area contributed by atoms with Gasteiger partial charge < -0.3 is 14.8 Å². The van der Waals surface area contributed by atoms with Crippen LogP contribution >= 0.6 is 15.9 Å². The summed E-state index contributed by atoms with van der Waals surface area (Å²) >= 11 is 3.12. The van der Waals surface area contributed by atoms with Crippen LogP contribution in [-0.4, -0.2) is 23.0 Å². The Morgan fingerprint density at radius 2 is 2.25 bits per heavy atom. The molecule has 0 saturated carbocycles. The predicted molar refractivity (Wildman–Crippen MR) is 60.7 cm³/mol. The van der Waals surface area contributed by atoms with E-state index in [2.05, 4.69) is 21.2 Å². The average Bonchev–Trinajstić information content (AvgIpc) is 2.61. The monoisotopic (exact) mass is 287 g/mol. The second kappa shape index (κ2) is 5.50. The highest BCUT2D eigenvalue weighted by atomic mass is 79.9. The molecule has 0 spiro atoms. The van der Waals surface area contributed by atoms with Gasteiger partial charge in [0.2, 0.25) is 5.91 Å². The Morgan fingerprint density at radius 1 is 1.56 bits per heavy atom. The molecule has 2 N–H and O–H groups in total. The quantitative estimate of drug-likeness (QED) is 0.825. The number of amides is 1. The van der Waals surface area contributed by atoms with Gasteiger partial charge in [-0.05, 0) is 41.1 Å². The molecular weight excluding hydrogens is 278 g/mol. The van der Waals surface area contributed by atoms with E-state index in [1.807, 2.05) is 0 Å². The van der Waals surface area contributed by atoms with E-state index in [1.165, 1.54) is 19.1 Å². The summed E-state index contributed by atoms with van der Waals surface area (Å²) in [5.74, 6) is -1.06. The molecule has 6 heteroatoms. The number of aliphatic carboxylic acids is 1. The Bertz CT molecular complexity index is 424. The lowest BCUT2D eigenvalue weighted by Gasteiger charge is -2.05. The second-order valence-electron chi connectivity index (χ2n) is 3.04. The molecule has 0 fully saturated rings. The van der Waals surface area contributed by atoms with Gasteiger partial charge >= 0.3 is 5.97 Å². The molecule has 0 saturated heterocycles. The third kappa shape index (κ3) is 3.90. The molecule has 86 valence electrons. The van der Waals surface area contributed by atoms with Crippen molar-refractivity contribution in [2.24, 2.45) is 0 Å². The van der Waals surface area contributed by atoms with Crippen LogP contribution in [0.2, 0.25) is 0 Å². The molecule has 1 atom stereocenters. The van der Waals surface area contributed by atoms with Gasteiger partial charge in [-0.25, -0.2) is 0 Å². The van der Waals surface area contributed by atoms with Gasteiger partial charge in [0.05, 0.1) is 0 Å². The molecule has 16 heavy (non-hydrogen) atoms. The van der Waals surface area contributed by atoms with E-state index < -0.39 is 17.9 Å². The van der Waals surface area contributed by atoms with Crippen LogP contribution in [0.15, 0.2) is 27.3 Å². The maximum Gasteiger partial charge on any atom is 0.325 e. The Balaban J connectivity index is 2.51. The summed E-state index contributed by atoms with van der Waals surface area (Å²) in [5, 5.41) is 10.8. The van der Waals surface area contributed by atoms with Crippen molar-refractivity contribution in [1.82, 2.24) is 5.32 Å². The minimum Gasteiger partial charge on any atom is -0.480 e. The maximum atomic E-state index is 11.2. The SMILES string of the molecule is C[C@@H](NC(=O)C=Cc1ccc(Br)o1)C(=O)O. The molecule has 0 radical (unpaired) electrons. The first-order chi connectivity index (χ1) is 7.49. The first-order valence-electron chi connectivity index (χ1n) is 4.46. The molecule has 0 aliphatic heterocycles. The lowest BCUT2D eigenvalue weighted by molar-refractivity contribution is -0.140.